The van der Waals surface area contributed by atoms with Crippen molar-refractivity contribution in [2.75, 3.05) is 31.1 Å². The number of hydrogen-bond acceptors (Lipinski definition) is 5. The molecule has 154 valence electrons. The number of nitrogens with zero attached hydrogens (tertiary/aromatic N) is 4. The Morgan fingerprint density at radius 3 is 2.47 bits per heavy atom. The number of anilines is 1. The summed E-state index contributed by atoms with van der Waals surface area (Å²) in [7, 11) is 0. The highest BCUT2D eigenvalue weighted by molar-refractivity contribution is 7.98. The Morgan fingerprint density at radius 1 is 0.967 bits per heavy atom. The molecule has 0 atom stereocenters. The minimum Gasteiger partial charge on any atom is -0.352 e. The van der Waals surface area contributed by atoms with Gasteiger partial charge in [-0.2, -0.15) is 0 Å². The van der Waals surface area contributed by atoms with Crippen LogP contribution in [0.15, 0.2) is 66.0 Å². The molecule has 1 amide bonds. The lowest BCUT2D eigenvalue weighted by molar-refractivity contribution is 0.0746. The second kappa shape index (κ2) is 9.21. The van der Waals surface area contributed by atoms with Gasteiger partial charge in [-0.3, -0.25) is 9.78 Å². The van der Waals surface area contributed by atoms with Crippen LogP contribution in [0.2, 0.25) is 0 Å². The van der Waals surface area contributed by atoms with Crippen LogP contribution in [-0.4, -0.2) is 47.0 Å². The van der Waals surface area contributed by atoms with Crippen molar-refractivity contribution in [2.45, 2.75) is 10.8 Å². The summed E-state index contributed by atoms with van der Waals surface area (Å²) >= 11 is 1.63. The fraction of sp³-hybridized carbons (Fsp3) is 0.227. The van der Waals surface area contributed by atoms with Crippen molar-refractivity contribution in [3.63, 3.8) is 0 Å². The van der Waals surface area contributed by atoms with Crippen molar-refractivity contribution in [3.05, 3.63) is 83.7 Å². The molecule has 3 aromatic rings. The van der Waals surface area contributed by atoms with E-state index in [4.69, 9.17) is 4.98 Å². The number of piperazine rings is 1. The van der Waals surface area contributed by atoms with E-state index in [-0.39, 0.29) is 11.5 Å². The number of thioether (sulfide) groups is 1. The van der Waals surface area contributed by atoms with Crippen LogP contribution in [0.5, 0.6) is 0 Å². The Hall–Kier alpha value is -3.00. The average Bonchev–Trinajstić information content (AvgIpc) is 2.80. The lowest BCUT2D eigenvalue weighted by atomic mass is 10.1. The number of amides is 1. The molecule has 8 heteroatoms. The van der Waals surface area contributed by atoms with Crippen molar-refractivity contribution in [1.29, 1.82) is 0 Å². The molecule has 1 aliphatic rings. The van der Waals surface area contributed by atoms with E-state index in [0.717, 1.165) is 28.7 Å². The van der Waals surface area contributed by atoms with Crippen LogP contribution in [-0.2, 0) is 5.75 Å². The van der Waals surface area contributed by atoms with Gasteiger partial charge in [0.05, 0.1) is 12.4 Å². The Morgan fingerprint density at radius 2 is 1.73 bits per heavy atom. The molecule has 1 aromatic heterocycles. The molecule has 0 spiro atoms. The summed E-state index contributed by atoms with van der Waals surface area (Å²) in [5, 5.41) is 0.844. The quantitative estimate of drug-likeness (QED) is 0.577. The van der Waals surface area contributed by atoms with Crippen LogP contribution in [0.25, 0.3) is 0 Å². The Balaban J connectivity index is 1.35. The average molecular weight is 426 g/mol. The summed E-state index contributed by atoms with van der Waals surface area (Å²) in [6, 6.07) is 13.4. The van der Waals surface area contributed by atoms with Crippen molar-refractivity contribution >= 4 is 23.5 Å². The van der Waals surface area contributed by atoms with E-state index in [1.807, 2.05) is 18.2 Å². The molecule has 0 unspecified atom stereocenters. The molecule has 0 N–H and O–H groups in total. The smallest absolute Gasteiger partial charge is 0.254 e. The first-order chi connectivity index (χ1) is 14.6. The van der Waals surface area contributed by atoms with Gasteiger partial charge in [-0.1, -0.05) is 30.3 Å². The van der Waals surface area contributed by atoms with Gasteiger partial charge in [-0.15, -0.1) is 11.8 Å². The third-order valence-corrected chi connectivity index (χ3v) is 5.86. The van der Waals surface area contributed by atoms with Crippen LogP contribution < -0.4 is 4.90 Å². The van der Waals surface area contributed by atoms with E-state index in [1.165, 1.54) is 11.6 Å². The number of halogens is 2. The van der Waals surface area contributed by atoms with Gasteiger partial charge in [-0.25, -0.2) is 13.8 Å². The molecule has 0 saturated carbocycles. The molecule has 30 heavy (non-hydrogen) atoms. The van der Waals surface area contributed by atoms with Gasteiger partial charge in [0.25, 0.3) is 5.91 Å². The molecule has 2 aromatic carbocycles. The molecule has 0 bridgehead atoms. The van der Waals surface area contributed by atoms with Gasteiger partial charge in [-0.05, 0) is 23.8 Å². The molecular weight excluding hydrogens is 406 g/mol. The molecule has 5 nitrogen and oxygen atoms in total. The molecular formula is C22H20F2N4OS. The van der Waals surface area contributed by atoms with Crippen molar-refractivity contribution < 1.29 is 13.6 Å². The highest BCUT2D eigenvalue weighted by Gasteiger charge is 2.24. The van der Waals surface area contributed by atoms with Crippen molar-refractivity contribution in [1.82, 2.24) is 14.9 Å². The Bertz CT molecular complexity index is 1030. The third-order valence-electron chi connectivity index (χ3n) is 4.89. The summed E-state index contributed by atoms with van der Waals surface area (Å²) in [6.45, 7) is 2.13. The molecule has 0 aliphatic carbocycles. The summed E-state index contributed by atoms with van der Waals surface area (Å²) < 4.78 is 26.5. The molecule has 4 rings (SSSR count). The van der Waals surface area contributed by atoms with Gasteiger partial charge < -0.3 is 9.80 Å². The fourth-order valence-corrected chi connectivity index (χ4v) is 4.04. The largest absolute Gasteiger partial charge is 0.352 e. The Kier molecular flexibility index (Phi) is 6.23. The van der Waals surface area contributed by atoms with Gasteiger partial charge in [0.2, 0.25) is 0 Å². The first-order valence-corrected chi connectivity index (χ1v) is 10.6. The van der Waals surface area contributed by atoms with E-state index in [0.29, 0.717) is 26.2 Å². The van der Waals surface area contributed by atoms with Crippen LogP contribution in [0, 0.1) is 11.6 Å². The minimum absolute atomic E-state index is 0.154. The van der Waals surface area contributed by atoms with E-state index in [1.54, 1.807) is 29.1 Å². The zero-order valence-electron chi connectivity index (χ0n) is 16.2. The second-order valence-corrected chi connectivity index (χ2v) is 7.89. The maximum Gasteiger partial charge on any atom is 0.254 e. The summed E-state index contributed by atoms with van der Waals surface area (Å²) in [5.41, 5.74) is 1.38. The topological polar surface area (TPSA) is 49.3 Å². The van der Waals surface area contributed by atoms with E-state index in [2.05, 4.69) is 22.0 Å². The van der Waals surface area contributed by atoms with Gasteiger partial charge in [0, 0.05) is 37.5 Å². The Labute approximate surface area is 177 Å². The highest BCUT2D eigenvalue weighted by Crippen LogP contribution is 2.23. The van der Waals surface area contributed by atoms with Crippen LogP contribution in [0.3, 0.4) is 0 Å². The fourth-order valence-electron chi connectivity index (χ4n) is 3.24. The van der Waals surface area contributed by atoms with Crippen LogP contribution in [0.4, 0.5) is 14.6 Å². The van der Waals surface area contributed by atoms with E-state index in [9.17, 15) is 13.6 Å². The second-order valence-electron chi connectivity index (χ2n) is 6.90. The summed E-state index contributed by atoms with van der Waals surface area (Å²) in [6.07, 6.45) is 3.47. The van der Waals surface area contributed by atoms with Crippen molar-refractivity contribution in [2.24, 2.45) is 0 Å². The summed E-state index contributed by atoms with van der Waals surface area (Å²) in [4.78, 5) is 25.3. The highest BCUT2D eigenvalue weighted by atomic mass is 32.2. The number of benzene rings is 2. The lowest BCUT2D eigenvalue weighted by Crippen LogP contribution is -2.49. The van der Waals surface area contributed by atoms with E-state index >= 15 is 0 Å². The third kappa shape index (κ3) is 4.76. The van der Waals surface area contributed by atoms with Crippen molar-refractivity contribution in [3.8, 4) is 0 Å². The number of carbonyl (C=O) groups is 1. The SMILES string of the molecule is O=C(c1ccc(F)c(F)c1)N1CCN(c2cncc(SCc3ccccc3)n2)CC1. The molecule has 1 aliphatic heterocycles. The first kappa shape index (κ1) is 20.3. The molecule has 1 fully saturated rings. The minimum atomic E-state index is -1.01. The monoisotopic (exact) mass is 426 g/mol. The number of rotatable bonds is 5. The maximum atomic E-state index is 13.4. The molecule has 2 heterocycles. The zero-order valence-corrected chi connectivity index (χ0v) is 17.0. The number of aromatic nitrogens is 2. The van der Waals surface area contributed by atoms with Gasteiger partial charge in [0.15, 0.2) is 11.6 Å². The molecule has 1 saturated heterocycles. The predicted molar refractivity (Wildman–Crippen MR) is 113 cm³/mol. The molecule has 0 radical (unpaired) electrons. The number of carbonyl (C=O) groups excluding carboxylic acids is 1. The van der Waals surface area contributed by atoms with Gasteiger partial charge in [0.1, 0.15) is 10.8 Å². The first-order valence-electron chi connectivity index (χ1n) is 9.58. The van der Waals surface area contributed by atoms with Crippen LogP contribution in [0.1, 0.15) is 15.9 Å². The standard InChI is InChI=1S/C22H20F2N4OS/c23-18-7-6-17(12-19(18)24)22(29)28-10-8-27(9-11-28)20-13-25-14-21(26-20)30-15-16-4-2-1-3-5-16/h1-7,12-14H,8-11,15H2. The lowest BCUT2D eigenvalue weighted by Gasteiger charge is -2.35. The number of hydrogen-bond donors (Lipinski definition) is 0. The zero-order chi connectivity index (χ0) is 20.9. The van der Waals surface area contributed by atoms with Crippen LogP contribution >= 0.6 is 11.8 Å². The van der Waals surface area contributed by atoms with E-state index < -0.39 is 11.6 Å². The predicted octanol–water partition coefficient (Wildman–Crippen LogP) is 4.01. The normalized spacial score (nSPS) is 14.1. The maximum absolute atomic E-state index is 13.4. The summed E-state index contributed by atoms with van der Waals surface area (Å²) in [5.74, 6) is -0.686. The van der Waals surface area contributed by atoms with Gasteiger partial charge >= 0.3 is 0 Å².